The minimum absolute atomic E-state index is 0.0469. The molecule has 0 bridgehead atoms. The van der Waals surface area contributed by atoms with Gasteiger partial charge < -0.3 is 15.4 Å². The van der Waals surface area contributed by atoms with Crippen LogP contribution in [0.1, 0.15) is 46.5 Å². The minimum Gasteiger partial charge on any atom is -0.489 e. The first-order valence-corrected chi connectivity index (χ1v) is 15.0. The Hall–Kier alpha value is -3.66. The fourth-order valence-electron chi connectivity index (χ4n) is 5.55. The molecule has 2 aromatic carbocycles. The normalized spacial score (nSPS) is 15.4. The SMILES string of the molecule is C[C@@H](Cc1cc(-n2cnc3cc(-c4cnn(C)c4)ccc32)sc1C(N)=O)c1cccc(OC2CCN(C)CC2)c1Cl. The molecule has 0 spiro atoms. The number of benzene rings is 2. The standard InChI is InChI=1S/C31H33ClN6O2S/c1-19(24-5-4-6-27(29(24)32)40-23-9-11-36(2)12-10-23)13-21-15-28(41-30(21)31(33)39)38-18-34-25-14-20(7-8-26(25)38)22-16-35-37(3)17-22/h4-8,14-19,23H,9-13H2,1-3H3,(H2,33,39)/t19-/m0/s1. The molecule has 0 unspecified atom stereocenters. The number of hydrogen-bond donors (Lipinski definition) is 1. The summed E-state index contributed by atoms with van der Waals surface area (Å²) in [5.74, 6) is 0.338. The van der Waals surface area contributed by atoms with Crippen LogP contribution >= 0.6 is 22.9 Å². The molecule has 8 nitrogen and oxygen atoms in total. The zero-order valence-corrected chi connectivity index (χ0v) is 25.0. The summed E-state index contributed by atoms with van der Waals surface area (Å²) in [5.41, 5.74) is 11.7. The number of halogens is 1. The van der Waals surface area contributed by atoms with Gasteiger partial charge in [-0.05, 0) is 73.2 Å². The van der Waals surface area contributed by atoms with E-state index >= 15 is 0 Å². The van der Waals surface area contributed by atoms with E-state index in [1.54, 1.807) is 11.0 Å². The Morgan fingerprint density at radius 2 is 1.98 bits per heavy atom. The van der Waals surface area contributed by atoms with Crippen LogP contribution in [0.4, 0.5) is 0 Å². The van der Waals surface area contributed by atoms with Crippen molar-refractivity contribution in [2.24, 2.45) is 12.8 Å². The zero-order valence-electron chi connectivity index (χ0n) is 23.4. The monoisotopic (exact) mass is 588 g/mol. The Bertz CT molecular complexity index is 1710. The molecule has 1 aliphatic rings. The first-order chi connectivity index (χ1) is 19.8. The number of aryl methyl sites for hydroxylation is 1. The van der Waals surface area contributed by atoms with Gasteiger partial charge in [0.05, 0.1) is 27.1 Å². The maximum absolute atomic E-state index is 12.5. The molecule has 3 aromatic heterocycles. The fraction of sp³-hybridized carbons (Fsp3) is 0.323. The summed E-state index contributed by atoms with van der Waals surface area (Å²) in [6.45, 7) is 4.16. The number of thiophene rings is 1. The number of likely N-dealkylation sites (tertiary alicyclic amines) is 1. The summed E-state index contributed by atoms with van der Waals surface area (Å²) in [5, 5.41) is 5.80. The molecule has 1 aliphatic heterocycles. The van der Waals surface area contributed by atoms with Gasteiger partial charge in [0.15, 0.2) is 0 Å². The van der Waals surface area contributed by atoms with E-state index in [0.29, 0.717) is 16.3 Å². The van der Waals surface area contributed by atoms with Crippen LogP contribution in [-0.2, 0) is 13.5 Å². The van der Waals surface area contributed by atoms with Crippen molar-refractivity contribution in [3.8, 4) is 21.9 Å². The zero-order chi connectivity index (χ0) is 28.7. The lowest BCUT2D eigenvalue weighted by Crippen LogP contribution is -2.35. The Labute approximate surface area is 248 Å². The molecule has 2 N–H and O–H groups in total. The van der Waals surface area contributed by atoms with Crippen LogP contribution in [0, 0.1) is 0 Å². The van der Waals surface area contributed by atoms with E-state index in [0.717, 1.165) is 70.0 Å². The molecule has 5 aromatic rings. The number of aromatic nitrogens is 4. The predicted molar refractivity (Wildman–Crippen MR) is 164 cm³/mol. The molecule has 1 saturated heterocycles. The smallest absolute Gasteiger partial charge is 0.259 e. The number of carbonyl (C=O) groups is 1. The van der Waals surface area contributed by atoms with E-state index in [2.05, 4.69) is 41.1 Å². The van der Waals surface area contributed by atoms with Crippen molar-refractivity contribution in [2.45, 2.75) is 38.2 Å². The first kappa shape index (κ1) is 27.5. The molecule has 6 rings (SSSR count). The van der Waals surface area contributed by atoms with Crippen molar-refractivity contribution in [3.63, 3.8) is 0 Å². The number of piperidine rings is 1. The summed E-state index contributed by atoms with van der Waals surface area (Å²) in [7, 11) is 4.04. The molecule has 212 valence electrons. The van der Waals surface area contributed by atoms with E-state index in [-0.39, 0.29) is 12.0 Å². The van der Waals surface area contributed by atoms with Gasteiger partial charge in [-0.15, -0.1) is 11.3 Å². The van der Waals surface area contributed by atoms with E-state index in [9.17, 15) is 4.79 Å². The van der Waals surface area contributed by atoms with Crippen LogP contribution in [-0.4, -0.2) is 56.4 Å². The van der Waals surface area contributed by atoms with Crippen molar-refractivity contribution in [1.29, 1.82) is 0 Å². The third-order valence-electron chi connectivity index (χ3n) is 7.85. The van der Waals surface area contributed by atoms with E-state index in [1.165, 1.54) is 11.3 Å². The topological polar surface area (TPSA) is 91.2 Å². The van der Waals surface area contributed by atoms with Crippen molar-refractivity contribution in [1.82, 2.24) is 24.2 Å². The first-order valence-electron chi connectivity index (χ1n) is 13.8. The third kappa shape index (κ3) is 5.62. The Kier molecular flexibility index (Phi) is 7.59. The van der Waals surface area contributed by atoms with Gasteiger partial charge in [0, 0.05) is 31.9 Å². The van der Waals surface area contributed by atoms with Crippen molar-refractivity contribution >= 4 is 39.9 Å². The van der Waals surface area contributed by atoms with Crippen LogP contribution in [0.5, 0.6) is 5.75 Å². The van der Waals surface area contributed by atoms with Gasteiger partial charge in [-0.2, -0.15) is 5.10 Å². The Morgan fingerprint density at radius 1 is 1.17 bits per heavy atom. The van der Waals surface area contributed by atoms with Crippen LogP contribution in [0.15, 0.2) is 61.2 Å². The van der Waals surface area contributed by atoms with Gasteiger partial charge >= 0.3 is 0 Å². The average Bonchev–Trinajstić information content (AvgIpc) is 3.69. The molecule has 0 radical (unpaired) electrons. The fourth-order valence-corrected chi connectivity index (χ4v) is 6.94. The van der Waals surface area contributed by atoms with Gasteiger partial charge in [-0.25, -0.2) is 4.98 Å². The highest BCUT2D eigenvalue weighted by Crippen LogP contribution is 2.38. The van der Waals surface area contributed by atoms with E-state index in [4.69, 9.17) is 22.1 Å². The highest BCUT2D eigenvalue weighted by atomic mass is 35.5. The number of nitrogens with zero attached hydrogens (tertiary/aromatic N) is 5. The number of imidazole rings is 1. The Morgan fingerprint density at radius 3 is 2.71 bits per heavy atom. The van der Waals surface area contributed by atoms with Gasteiger partial charge in [0.2, 0.25) is 0 Å². The number of primary amides is 1. The second kappa shape index (κ2) is 11.3. The summed E-state index contributed by atoms with van der Waals surface area (Å²) in [4.78, 5) is 20.0. The predicted octanol–water partition coefficient (Wildman–Crippen LogP) is 6.06. The summed E-state index contributed by atoms with van der Waals surface area (Å²) in [6, 6.07) is 14.2. The maximum Gasteiger partial charge on any atom is 0.259 e. The Balaban J connectivity index is 1.25. The number of amides is 1. The molecule has 1 amide bonds. The van der Waals surface area contributed by atoms with Gasteiger partial charge in [0.1, 0.15) is 23.2 Å². The van der Waals surface area contributed by atoms with E-state index < -0.39 is 5.91 Å². The van der Waals surface area contributed by atoms with Crippen LogP contribution in [0.2, 0.25) is 5.02 Å². The number of nitrogens with two attached hydrogens (primary N) is 1. The molecule has 0 saturated carbocycles. The number of ether oxygens (including phenoxy) is 1. The highest BCUT2D eigenvalue weighted by molar-refractivity contribution is 7.16. The lowest BCUT2D eigenvalue weighted by Gasteiger charge is -2.30. The number of carbonyl (C=O) groups excluding carboxylic acids is 1. The third-order valence-corrected chi connectivity index (χ3v) is 9.45. The second-order valence-corrected chi connectivity index (χ2v) is 12.3. The number of fused-ring (bicyclic) bond motifs is 1. The highest BCUT2D eigenvalue weighted by Gasteiger charge is 2.23. The van der Waals surface area contributed by atoms with Crippen molar-refractivity contribution < 1.29 is 9.53 Å². The van der Waals surface area contributed by atoms with Crippen LogP contribution < -0.4 is 10.5 Å². The van der Waals surface area contributed by atoms with Crippen LogP contribution in [0.25, 0.3) is 27.2 Å². The van der Waals surface area contributed by atoms with Crippen molar-refractivity contribution in [2.75, 3.05) is 20.1 Å². The molecule has 10 heteroatoms. The molecule has 0 aliphatic carbocycles. The van der Waals surface area contributed by atoms with Crippen molar-refractivity contribution in [3.05, 3.63) is 82.2 Å². The lowest BCUT2D eigenvalue weighted by molar-refractivity contribution is 0.100. The summed E-state index contributed by atoms with van der Waals surface area (Å²) < 4.78 is 10.1. The van der Waals surface area contributed by atoms with Crippen LogP contribution in [0.3, 0.4) is 0 Å². The number of rotatable bonds is 8. The molecular formula is C31H33ClN6O2S. The van der Waals surface area contributed by atoms with Gasteiger partial charge in [0.25, 0.3) is 5.91 Å². The van der Waals surface area contributed by atoms with Gasteiger partial charge in [-0.1, -0.05) is 36.7 Å². The summed E-state index contributed by atoms with van der Waals surface area (Å²) in [6.07, 6.45) is 8.37. The quantitative estimate of drug-likeness (QED) is 0.238. The molecule has 1 atom stereocenters. The summed E-state index contributed by atoms with van der Waals surface area (Å²) >= 11 is 8.27. The molecule has 1 fully saturated rings. The number of hydrogen-bond acceptors (Lipinski definition) is 6. The van der Waals surface area contributed by atoms with E-state index in [1.807, 2.05) is 54.3 Å². The maximum atomic E-state index is 12.5. The lowest BCUT2D eigenvalue weighted by atomic mass is 9.93. The average molecular weight is 589 g/mol. The molecular weight excluding hydrogens is 556 g/mol. The molecule has 4 heterocycles. The largest absolute Gasteiger partial charge is 0.489 e. The van der Waals surface area contributed by atoms with Gasteiger partial charge in [-0.3, -0.25) is 14.0 Å². The minimum atomic E-state index is -0.433. The molecule has 41 heavy (non-hydrogen) atoms. The second-order valence-electron chi connectivity index (χ2n) is 10.9.